The van der Waals surface area contributed by atoms with E-state index in [0.717, 1.165) is 0 Å². The number of carboxylic acids is 1. The minimum absolute atomic E-state index is 0.0352. The Morgan fingerprint density at radius 2 is 1.83 bits per heavy atom. The van der Waals surface area contributed by atoms with Gasteiger partial charge < -0.3 is 21.1 Å². The van der Waals surface area contributed by atoms with E-state index >= 15 is 0 Å². The van der Waals surface area contributed by atoms with Crippen LogP contribution in [-0.4, -0.2) is 22.0 Å². The molecule has 0 aliphatic rings. The molecule has 0 aliphatic heterocycles. The Balaban J connectivity index is 1.97. The van der Waals surface area contributed by atoms with Gasteiger partial charge >= 0.3 is 5.97 Å². The van der Waals surface area contributed by atoms with Crippen LogP contribution in [-0.2, 0) is 0 Å². The van der Waals surface area contributed by atoms with Gasteiger partial charge in [-0.2, -0.15) is 0 Å². The molecule has 3 aromatic rings. The summed E-state index contributed by atoms with van der Waals surface area (Å²) >= 11 is 0. The number of nitrogens with two attached hydrogens (primary N) is 1. The maximum Gasteiger partial charge on any atom is 0.335 e. The van der Waals surface area contributed by atoms with Crippen LogP contribution in [0, 0.1) is 0 Å². The van der Waals surface area contributed by atoms with Gasteiger partial charge in [0.1, 0.15) is 5.56 Å². The van der Waals surface area contributed by atoms with E-state index in [2.05, 4.69) is 10.3 Å². The standard InChI is InChI=1S/C17H13N3O4/c18-13-6-2-3-9-8-12(16(22)20-14(9)13)15(21)19-11-5-1-4-10(7-11)17(23)24/h1-8H,18H2,(H,19,21)(H,20,22)(H,23,24). The van der Waals surface area contributed by atoms with Gasteiger partial charge in [-0.1, -0.05) is 18.2 Å². The van der Waals surface area contributed by atoms with Gasteiger partial charge in [-0.25, -0.2) is 4.79 Å². The van der Waals surface area contributed by atoms with Crippen LogP contribution in [0.4, 0.5) is 11.4 Å². The summed E-state index contributed by atoms with van der Waals surface area (Å²) in [6.07, 6.45) is 0. The summed E-state index contributed by atoms with van der Waals surface area (Å²) in [4.78, 5) is 38.0. The van der Waals surface area contributed by atoms with E-state index in [1.54, 1.807) is 18.2 Å². The molecule has 0 saturated heterocycles. The molecule has 0 atom stereocenters. The summed E-state index contributed by atoms with van der Waals surface area (Å²) in [5.41, 5.74) is 6.32. The number of carbonyl (C=O) groups is 2. The van der Waals surface area contributed by atoms with Crippen LogP contribution >= 0.6 is 0 Å². The normalized spacial score (nSPS) is 10.5. The molecule has 0 aliphatic carbocycles. The lowest BCUT2D eigenvalue weighted by molar-refractivity contribution is 0.0696. The zero-order chi connectivity index (χ0) is 17.3. The first kappa shape index (κ1) is 15.3. The highest BCUT2D eigenvalue weighted by atomic mass is 16.4. The van der Waals surface area contributed by atoms with Crippen molar-refractivity contribution in [2.45, 2.75) is 0 Å². The summed E-state index contributed by atoms with van der Waals surface area (Å²) < 4.78 is 0. The molecule has 7 heteroatoms. The molecule has 0 radical (unpaired) electrons. The number of aromatic amines is 1. The van der Waals surface area contributed by atoms with Crippen molar-refractivity contribution in [3.8, 4) is 0 Å². The number of para-hydroxylation sites is 1. The number of carboxylic acid groups (broad SMARTS) is 1. The molecule has 5 N–H and O–H groups in total. The lowest BCUT2D eigenvalue weighted by Gasteiger charge is -2.07. The van der Waals surface area contributed by atoms with Crippen molar-refractivity contribution in [1.82, 2.24) is 4.98 Å². The van der Waals surface area contributed by atoms with Crippen molar-refractivity contribution >= 4 is 34.2 Å². The Morgan fingerprint density at radius 1 is 1.08 bits per heavy atom. The number of nitrogens with one attached hydrogen (secondary N) is 2. The monoisotopic (exact) mass is 323 g/mol. The lowest BCUT2D eigenvalue weighted by Crippen LogP contribution is -2.23. The maximum atomic E-state index is 12.3. The third-order valence-electron chi connectivity index (χ3n) is 3.52. The van der Waals surface area contributed by atoms with E-state index in [1.165, 1.54) is 30.3 Å². The zero-order valence-corrected chi connectivity index (χ0v) is 12.4. The number of nitrogen functional groups attached to an aromatic ring is 1. The van der Waals surface area contributed by atoms with Gasteiger partial charge in [0.15, 0.2) is 0 Å². The number of benzene rings is 2. The Morgan fingerprint density at radius 3 is 2.58 bits per heavy atom. The molecular formula is C17H13N3O4. The van der Waals surface area contributed by atoms with Gasteiger partial charge in [0, 0.05) is 11.1 Å². The molecule has 3 rings (SSSR count). The van der Waals surface area contributed by atoms with Gasteiger partial charge in [-0.3, -0.25) is 9.59 Å². The number of aromatic carboxylic acids is 1. The van der Waals surface area contributed by atoms with Crippen molar-refractivity contribution in [1.29, 1.82) is 0 Å². The van der Waals surface area contributed by atoms with Crippen LogP contribution in [0.1, 0.15) is 20.7 Å². The Kier molecular flexibility index (Phi) is 3.75. The number of carbonyl (C=O) groups excluding carboxylic acids is 1. The molecule has 0 unspecified atom stereocenters. The first-order chi connectivity index (χ1) is 11.5. The molecule has 1 heterocycles. The van der Waals surface area contributed by atoms with Crippen molar-refractivity contribution in [2.75, 3.05) is 11.1 Å². The fourth-order valence-corrected chi connectivity index (χ4v) is 2.35. The van der Waals surface area contributed by atoms with Crippen LogP contribution in [0.15, 0.2) is 53.3 Å². The highest BCUT2D eigenvalue weighted by Crippen LogP contribution is 2.18. The SMILES string of the molecule is Nc1cccc2cc(C(=O)Nc3cccc(C(=O)O)c3)c(=O)[nH]c12. The molecule has 1 aromatic heterocycles. The number of rotatable bonds is 3. The van der Waals surface area contributed by atoms with Crippen molar-refractivity contribution in [3.63, 3.8) is 0 Å². The van der Waals surface area contributed by atoms with Gasteiger partial charge in [0.05, 0.1) is 16.8 Å². The van der Waals surface area contributed by atoms with E-state index in [0.29, 0.717) is 16.6 Å². The molecule has 0 saturated carbocycles. The average Bonchev–Trinajstić information content (AvgIpc) is 2.55. The largest absolute Gasteiger partial charge is 0.478 e. The fraction of sp³-hybridized carbons (Fsp3) is 0. The molecular weight excluding hydrogens is 310 g/mol. The Hall–Kier alpha value is -3.61. The van der Waals surface area contributed by atoms with E-state index in [1.807, 2.05) is 0 Å². The van der Waals surface area contributed by atoms with E-state index in [-0.39, 0.29) is 16.8 Å². The van der Waals surface area contributed by atoms with Crippen LogP contribution < -0.4 is 16.6 Å². The van der Waals surface area contributed by atoms with Crippen LogP contribution in [0.3, 0.4) is 0 Å². The topological polar surface area (TPSA) is 125 Å². The summed E-state index contributed by atoms with van der Waals surface area (Å²) in [7, 11) is 0. The predicted octanol–water partition coefficient (Wildman–Crippen LogP) is 2.06. The quantitative estimate of drug-likeness (QED) is 0.549. The maximum absolute atomic E-state index is 12.3. The number of hydrogen-bond donors (Lipinski definition) is 4. The fourth-order valence-electron chi connectivity index (χ4n) is 2.35. The third-order valence-corrected chi connectivity index (χ3v) is 3.52. The zero-order valence-electron chi connectivity index (χ0n) is 12.4. The van der Waals surface area contributed by atoms with Crippen LogP contribution in [0.2, 0.25) is 0 Å². The number of pyridine rings is 1. The lowest BCUT2D eigenvalue weighted by atomic mass is 10.1. The van der Waals surface area contributed by atoms with Gasteiger partial charge in [0.25, 0.3) is 11.5 Å². The van der Waals surface area contributed by atoms with Gasteiger partial charge in [0.2, 0.25) is 0 Å². The van der Waals surface area contributed by atoms with Gasteiger partial charge in [-0.05, 0) is 30.3 Å². The molecule has 7 nitrogen and oxygen atoms in total. The van der Waals surface area contributed by atoms with E-state index in [4.69, 9.17) is 10.8 Å². The van der Waals surface area contributed by atoms with Crippen LogP contribution in [0.5, 0.6) is 0 Å². The van der Waals surface area contributed by atoms with E-state index < -0.39 is 17.4 Å². The van der Waals surface area contributed by atoms with Crippen molar-refractivity contribution in [3.05, 3.63) is 70.0 Å². The minimum atomic E-state index is -1.11. The number of fused-ring (bicyclic) bond motifs is 1. The number of amides is 1. The molecule has 0 bridgehead atoms. The summed E-state index contributed by atoms with van der Waals surface area (Å²) in [5.74, 6) is -1.74. The number of H-pyrrole nitrogens is 1. The Bertz CT molecular complexity index is 1020. The number of anilines is 2. The highest BCUT2D eigenvalue weighted by Gasteiger charge is 2.14. The van der Waals surface area contributed by atoms with Crippen molar-refractivity contribution in [2.24, 2.45) is 0 Å². The summed E-state index contributed by atoms with van der Waals surface area (Å²) in [6, 6.07) is 12.3. The first-order valence-corrected chi connectivity index (χ1v) is 7.02. The average molecular weight is 323 g/mol. The summed E-state index contributed by atoms with van der Waals surface area (Å²) in [5, 5.41) is 12.1. The molecule has 24 heavy (non-hydrogen) atoms. The number of aromatic nitrogens is 1. The van der Waals surface area contributed by atoms with Crippen molar-refractivity contribution < 1.29 is 14.7 Å². The molecule has 2 aromatic carbocycles. The summed E-state index contributed by atoms with van der Waals surface area (Å²) in [6.45, 7) is 0. The van der Waals surface area contributed by atoms with E-state index in [9.17, 15) is 14.4 Å². The Labute approximate surface area is 135 Å². The third kappa shape index (κ3) is 2.82. The second-order valence-electron chi connectivity index (χ2n) is 5.16. The second-order valence-corrected chi connectivity index (χ2v) is 5.16. The molecule has 120 valence electrons. The van der Waals surface area contributed by atoms with Gasteiger partial charge in [-0.15, -0.1) is 0 Å². The van der Waals surface area contributed by atoms with Crippen LogP contribution in [0.25, 0.3) is 10.9 Å². The predicted molar refractivity (Wildman–Crippen MR) is 90.3 cm³/mol. The minimum Gasteiger partial charge on any atom is -0.478 e. The molecule has 0 fully saturated rings. The second kappa shape index (κ2) is 5.88. The molecule has 0 spiro atoms. The molecule has 1 amide bonds. The first-order valence-electron chi connectivity index (χ1n) is 7.02. The highest BCUT2D eigenvalue weighted by molar-refractivity contribution is 6.06. The smallest absolute Gasteiger partial charge is 0.335 e. The number of hydrogen-bond acceptors (Lipinski definition) is 4.